The van der Waals surface area contributed by atoms with Gasteiger partial charge in [-0.1, -0.05) is 42.5 Å². The molecule has 0 aliphatic carbocycles. The number of piperazine rings is 1. The van der Waals surface area contributed by atoms with E-state index in [2.05, 4.69) is 47.4 Å². The van der Waals surface area contributed by atoms with E-state index in [1.54, 1.807) is 0 Å². The Morgan fingerprint density at radius 3 is 2.60 bits per heavy atom. The first-order chi connectivity index (χ1) is 12.3. The zero-order chi connectivity index (χ0) is 17.1. The third-order valence-electron chi connectivity index (χ3n) is 5.05. The molecule has 4 rings (SSSR count). The Labute approximate surface area is 148 Å². The van der Waals surface area contributed by atoms with E-state index in [0.717, 1.165) is 32.7 Å². The smallest absolute Gasteiger partial charge is 0.254 e. The molecule has 2 aromatic carbocycles. The molecule has 5 nitrogen and oxygen atoms in total. The molecule has 0 bridgehead atoms. The molecule has 2 saturated heterocycles. The lowest BCUT2D eigenvalue weighted by Gasteiger charge is -2.37. The lowest BCUT2D eigenvalue weighted by atomic mass is 10.0. The number of fused-ring (bicyclic) bond motifs is 1. The van der Waals surface area contributed by atoms with Gasteiger partial charge in [0.2, 0.25) is 0 Å². The van der Waals surface area contributed by atoms with Crippen molar-refractivity contribution in [3.05, 3.63) is 48.0 Å². The van der Waals surface area contributed by atoms with Gasteiger partial charge in [0.25, 0.3) is 5.91 Å². The van der Waals surface area contributed by atoms with Crippen LogP contribution in [0.2, 0.25) is 0 Å². The molecule has 2 heterocycles. The maximum absolute atomic E-state index is 12.5. The topological polar surface area (TPSA) is 42.0 Å². The molecule has 0 N–H and O–H groups in total. The second kappa shape index (κ2) is 7.52. The summed E-state index contributed by atoms with van der Waals surface area (Å²) in [5.74, 6) is 0.0736. The minimum atomic E-state index is -0.418. The number of rotatable bonds is 3. The van der Waals surface area contributed by atoms with Gasteiger partial charge in [0.15, 0.2) is 6.10 Å². The number of carbonyl (C=O) groups excluding carboxylic acids is 1. The number of nitrogens with zero attached hydrogens (tertiary/aromatic N) is 2. The van der Waals surface area contributed by atoms with Crippen molar-refractivity contribution in [2.45, 2.75) is 12.6 Å². The van der Waals surface area contributed by atoms with E-state index in [1.807, 2.05) is 4.90 Å². The average molecular weight is 340 g/mol. The Balaban J connectivity index is 1.36. The van der Waals surface area contributed by atoms with Crippen LogP contribution in [0, 0.1) is 0 Å². The number of hydrogen-bond donors (Lipinski definition) is 0. The first-order valence-electron chi connectivity index (χ1n) is 8.98. The third kappa shape index (κ3) is 3.68. The normalized spacial score (nSPS) is 22.2. The zero-order valence-electron chi connectivity index (χ0n) is 14.4. The van der Waals surface area contributed by atoms with E-state index in [-0.39, 0.29) is 5.91 Å². The maximum Gasteiger partial charge on any atom is 0.254 e. The second-order valence-corrected chi connectivity index (χ2v) is 6.67. The van der Waals surface area contributed by atoms with E-state index in [0.29, 0.717) is 19.8 Å². The Morgan fingerprint density at radius 1 is 1.00 bits per heavy atom. The van der Waals surface area contributed by atoms with Gasteiger partial charge in [0.1, 0.15) is 0 Å². The Morgan fingerprint density at radius 2 is 1.80 bits per heavy atom. The van der Waals surface area contributed by atoms with Gasteiger partial charge in [0, 0.05) is 32.7 Å². The number of amides is 1. The van der Waals surface area contributed by atoms with Crippen molar-refractivity contribution in [1.29, 1.82) is 0 Å². The van der Waals surface area contributed by atoms with Crippen LogP contribution in [-0.4, -0.2) is 67.8 Å². The van der Waals surface area contributed by atoms with Crippen LogP contribution >= 0.6 is 0 Å². The van der Waals surface area contributed by atoms with Crippen LogP contribution in [0.25, 0.3) is 10.8 Å². The summed E-state index contributed by atoms with van der Waals surface area (Å²) in [5, 5.41) is 2.60. The fraction of sp³-hybridized carbons (Fsp3) is 0.450. The molecular formula is C20H24N2O3. The minimum Gasteiger partial charge on any atom is -0.376 e. The molecule has 132 valence electrons. The van der Waals surface area contributed by atoms with E-state index >= 15 is 0 Å². The van der Waals surface area contributed by atoms with Crippen LogP contribution in [-0.2, 0) is 20.8 Å². The zero-order valence-corrected chi connectivity index (χ0v) is 14.4. The summed E-state index contributed by atoms with van der Waals surface area (Å²) in [4.78, 5) is 16.8. The highest BCUT2D eigenvalue weighted by Crippen LogP contribution is 2.20. The molecule has 25 heavy (non-hydrogen) atoms. The van der Waals surface area contributed by atoms with Crippen LogP contribution in [0.4, 0.5) is 0 Å². The van der Waals surface area contributed by atoms with Crippen molar-refractivity contribution in [3.8, 4) is 0 Å². The summed E-state index contributed by atoms with van der Waals surface area (Å²) in [6.45, 7) is 5.69. The van der Waals surface area contributed by atoms with Crippen LogP contribution in [0.1, 0.15) is 5.56 Å². The minimum absolute atomic E-state index is 0.0736. The van der Waals surface area contributed by atoms with Gasteiger partial charge >= 0.3 is 0 Å². The van der Waals surface area contributed by atoms with Gasteiger partial charge in [0.05, 0.1) is 19.8 Å². The first kappa shape index (κ1) is 16.5. The standard InChI is InChI=1S/C20H24N2O3/c23-20(19-15-24-12-13-25-19)22-10-8-21(9-11-22)14-17-6-3-5-16-4-1-2-7-18(16)17/h1-7,19H,8-15H2/t19-/m1/s1. The van der Waals surface area contributed by atoms with Crippen molar-refractivity contribution >= 4 is 16.7 Å². The Kier molecular flexibility index (Phi) is 4.97. The molecule has 2 aliphatic heterocycles. The summed E-state index contributed by atoms with van der Waals surface area (Å²) >= 11 is 0. The van der Waals surface area contributed by atoms with Gasteiger partial charge in [-0.15, -0.1) is 0 Å². The summed E-state index contributed by atoms with van der Waals surface area (Å²) in [5.41, 5.74) is 1.35. The van der Waals surface area contributed by atoms with Crippen molar-refractivity contribution in [2.24, 2.45) is 0 Å². The van der Waals surface area contributed by atoms with Crippen molar-refractivity contribution in [2.75, 3.05) is 46.0 Å². The average Bonchev–Trinajstić information content (AvgIpc) is 2.69. The predicted molar refractivity (Wildman–Crippen MR) is 96.4 cm³/mol. The summed E-state index contributed by atoms with van der Waals surface area (Å²) in [7, 11) is 0. The van der Waals surface area contributed by atoms with Crippen LogP contribution in [0.3, 0.4) is 0 Å². The van der Waals surface area contributed by atoms with E-state index < -0.39 is 6.10 Å². The molecule has 0 spiro atoms. The van der Waals surface area contributed by atoms with Gasteiger partial charge < -0.3 is 14.4 Å². The molecule has 0 unspecified atom stereocenters. The molecule has 2 aromatic rings. The van der Waals surface area contributed by atoms with Gasteiger partial charge in [-0.25, -0.2) is 0 Å². The third-order valence-corrected chi connectivity index (χ3v) is 5.05. The van der Waals surface area contributed by atoms with Crippen molar-refractivity contribution < 1.29 is 14.3 Å². The highest BCUT2D eigenvalue weighted by molar-refractivity contribution is 5.85. The van der Waals surface area contributed by atoms with Gasteiger partial charge in [-0.2, -0.15) is 0 Å². The van der Waals surface area contributed by atoms with Crippen molar-refractivity contribution in [3.63, 3.8) is 0 Å². The molecule has 1 atom stereocenters. The lowest BCUT2D eigenvalue weighted by Crippen LogP contribution is -2.53. The fourth-order valence-corrected chi connectivity index (χ4v) is 3.63. The van der Waals surface area contributed by atoms with E-state index in [4.69, 9.17) is 9.47 Å². The van der Waals surface area contributed by atoms with Crippen LogP contribution < -0.4 is 0 Å². The van der Waals surface area contributed by atoms with E-state index in [9.17, 15) is 4.79 Å². The molecule has 0 saturated carbocycles. The van der Waals surface area contributed by atoms with Gasteiger partial charge in [-0.3, -0.25) is 9.69 Å². The SMILES string of the molecule is O=C([C@H]1COCCO1)N1CCN(Cc2cccc3ccccc23)CC1. The van der Waals surface area contributed by atoms with Crippen LogP contribution in [0.15, 0.2) is 42.5 Å². The summed E-state index contributed by atoms with van der Waals surface area (Å²) in [6, 6.07) is 15.0. The Hall–Kier alpha value is -1.95. The highest BCUT2D eigenvalue weighted by atomic mass is 16.6. The van der Waals surface area contributed by atoms with Gasteiger partial charge in [-0.05, 0) is 16.3 Å². The summed E-state index contributed by atoms with van der Waals surface area (Å²) < 4.78 is 10.9. The molecule has 5 heteroatoms. The molecule has 0 radical (unpaired) electrons. The summed E-state index contributed by atoms with van der Waals surface area (Å²) in [6.07, 6.45) is -0.418. The maximum atomic E-state index is 12.5. The quantitative estimate of drug-likeness (QED) is 0.856. The lowest BCUT2D eigenvalue weighted by molar-refractivity contribution is -0.159. The number of ether oxygens (including phenoxy) is 2. The monoisotopic (exact) mass is 340 g/mol. The predicted octanol–water partition coefficient (Wildman–Crippen LogP) is 1.90. The number of benzene rings is 2. The first-order valence-corrected chi connectivity index (χ1v) is 8.98. The van der Waals surface area contributed by atoms with E-state index in [1.165, 1.54) is 16.3 Å². The molecule has 1 amide bonds. The van der Waals surface area contributed by atoms with Crippen LogP contribution in [0.5, 0.6) is 0 Å². The Bertz CT molecular complexity index is 729. The highest BCUT2D eigenvalue weighted by Gasteiger charge is 2.29. The second-order valence-electron chi connectivity index (χ2n) is 6.67. The largest absolute Gasteiger partial charge is 0.376 e. The van der Waals surface area contributed by atoms with Crippen molar-refractivity contribution in [1.82, 2.24) is 9.80 Å². The number of hydrogen-bond acceptors (Lipinski definition) is 4. The molecule has 2 fully saturated rings. The molecule has 0 aromatic heterocycles. The molecule has 2 aliphatic rings. The number of carbonyl (C=O) groups is 1. The molecular weight excluding hydrogens is 316 g/mol. The fourth-order valence-electron chi connectivity index (χ4n) is 3.63.